The van der Waals surface area contributed by atoms with Crippen LogP contribution in [0.3, 0.4) is 0 Å². The van der Waals surface area contributed by atoms with Crippen molar-refractivity contribution in [2.45, 2.75) is 19.8 Å². The van der Waals surface area contributed by atoms with Crippen LogP contribution in [0.25, 0.3) is 0 Å². The van der Waals surface area contributed by atoms with Gasteiger partial charge in [0.25, 0.3) is 11.5 Å². The van der Waals surface area contributed by atoms with E-state index in [1.54, 1.807) is 18.2 Å². The number of hydrogen-bond donors (Lipinski definition) is 2. The van der Waals surface area contributed by atoms with Crippen LogP contribution in [-0.2, 0) is 6.42 Å². The van der Waals surface area contributed by atoms with Crippen molar-refractivity contribution in [1.82, 2.24) is 9.97 Å². The van der Waals surface area contributed by atoms with E-state index in [2.05, 4.69) is 15.3 Å². The molecule has 1 unspecified atom stereocenters. The summed E-state index contributed by atoms with van der Waals surface area (Å²) in [6, 6.07) is 6.46. The number of amides is 1. The Labute approximate surface area is 126 Å². The fraction of sp³-hybridized carbons (Fsp3) is 0.250. The van der Waals surface area contributed by atoms with E-state index in [9.17, 15) is 14.4 Å². The van der Waals surface area contributed by atoms with Crippen LogP contribution in [-0.4, -0.2) is 21.7 Å². The van der Waals surface area contributed by atoms with Crippen molar-refractivity contribution in [3.8, 4) is 0 Å². The molecular weight excluding hydrogens is 282 g/mol. The molecule has 0 radical (unpaired) electrons. The first kappa shape index (κ1) is 14.2. The van der Waals surface area contributed by atoms with Gasteiger partial charge in [-0.1, -0.05) is 13.0 Å². The second-order valence-corrected chi connectivity index (χ2v) is 5.51. The van der Waals surface area contributed by atoms with Gasteiger partial charge in [-0.05, 0) is 30.5 Å². The van der Waals surface area contributed by atoms with Gasteiger partial charge in [0.05, 0.1) is 0 Å². The van der Waals surface area contributed by atoms with E-state index in [1.165, 1.54) is 12.3 Å². The molecule has 1 amide bonds. The molecule has 6 nitrogen and oxygen atoms in total. The second kappa shape index (κ2) is 5.55. The number of anilines is 1. The van der Waals surface area contributed by atoms with Crippen molar-refractivity contribution in [3.05, 3.63) is 57.6 Å². The minimum Gasteiger partial charge on any atom is -0.325 e. The molecule has 2 aromatic rings. The lowest BCUT2D eigenvalue weighted by Crippen LogP contribution is -2.29. The number of H-pyrrole nitrogens is 1. The summed E-state index contributed by atoms with van der Waals surface area (Å²) in [6.45, 7) is 1.96. The van der Waals surface area contributed by atoms with Crippen molar-refractivity contribution in [2.75, 3.05) is 5.32 Å². The molecule has 2 heterocycles. The lowest BCUT2D eigenvalue weighted by atomic mass is 9.86. The maximum Gasteiger partial charge on any atom is 0.262 e. The molecule has 2 N–H and O–H groups in total. The standard InChI is InChI=1S/C16H15N3O3/c1-9-6-12-10(13(20)7-9)8-11(15(21)18-12)16(22)19-14-4-2-3-5-17-14/h2-5,8-9H,6-7H2,1H3,(H,18,21)(H,17,19,22). The Balaban J connectivity index is 1.95. The van der Waals surface area contributed by atoms with Gasteiger partial charge in [0.15, 0.2) is 5.78 Å². The smallest absolute Gasteiger partial charge is 0.262 e. The van der Waals surface area contributed by atoms with E-state index in [-0.39, 0.29) is 17.3 Å². The van der Waals surface area contributed by atoms with Crippen LogP contribution in [0, 0.1) is 5.92 Å². The number of hydrogen-bond acceptors (Lipinski definition) is 4. The van der Waals surface area contributed by atoms with Crippen molar-refractivity contribution < 1.29 is 9.59 Å². The fourth-order valence-corrected chi connectivity index (χ4v) is 2.61. The van der Waals surface area contributed by atoms with Crippen LogP contribution in [0.2, 0.25) is 0 Å². The minimum atomic E-state index is -0.575. The van der Waals surface area contributed by atoms with Crippen molar-refractivity contribution >= 4 is 17.5 Å². The van der Waals surface area contributed by atoms with Crippen molar-refractivity contribution in [2.24, 2.45) is 5.92 Å². The van der Waals surface area contributed by atoms with Gasteiger partial charge in [-0.2, -0.15) is 0 Å². The predicted molar refractivity (Wildman–Crippen MR) is 81.1 cm³/mol. The van der Waals surface area contributed by atoms with Gasteiger partial charge in [0.1, 0.15) is 11.4 Å². The highest BCUT2D eigenvalue weighted by atomic mass is 16.2. The molecule has 0 bridgehead atoms. The summed E-state index contributed by atoms with van der Waals surface area (Å²) in [6.07, 6.45) is 2.61. The van der Waals surface area contributed by atoms with Gasteiger partial charge >= 0.3 is 0 Å². The lowest BCUT2D eigenvalue weighted by molar-refractivity contribution is 0.0952. The Morgan fingerprint density at radius 2 is 2.14 bits per heavy atom. The molecule has 0 spiro atoms. The molecular formula is C16H15N3O3. The van der Waals surface area contributed by atoms with Gasteiger partial charge in [0, 0.05) is 23.9 Å². The number of ketones is 1. The van der Waals surface area contributed by atoms with Crippen LogP contribution in [0.4, 0.5) is 5.82 Å². The third-order valence-electron chi connectivity index (χ3n) is 3.66. The number of pyridine rings is 2. The van der Waals surface area contributed by atoms with E-state index in [4.69, 9.17) is 0 Å². The maximum atomic E-state index is 12.2. The van der Waals surface area contributed by atoms with Crippen LogP contribution >= 0.6 is 0 Å². The number of aromatic amines is 1. The summed E-state index contributed by atoms with van der Waals surface area (Å²) in [7, 11) is 0. The average molecular weight is 297 g/mol. The topological polar surface area (TPSA) is 91.9 Å². The van der Waals surface area contributed by atoms with E-state index in [0.29, 0.717) is 29.9 Å². The van der Waals surface area contributed by atoms with Gasteiger partial charge < -0.3 is 10.3 Å². The zero-order valence-electron chi connectivity index (χ0n) is 12.1. The Hall–Kier alpha value is -2.76. The van der Waals surface area contributed by atoms with E-state index >= 15 is 0 Å². The van der Waals surface area contributed by atoms with E-state index < -0.39 is 11.5 Å². The molecule has 1 aliphatic rings. The number of carbonyl (C=O) groups excluding carboxylic acids is 2. The number of nitrogens with one attached hydrogen (secondary N) is 2. The molecule has 22 heavy (non-hydrogen) atoms. The molecule has 1 aliphatic carbocycles. The normalized spacial score (nSPS) is 17.0. The Kier molecular flexibility index (Phi) is 3.58. The van der Waals surface area contributed by atoms with E-state index in [0.717, 1.165) is 0 Å². The van der Waals surface area contributed by atoms with Gasteiger partial charge in [-0.3, -0.25) is 14.4 Å². The number of Topliss-reactive ketones (excluding diaryl/α,β-unsaturated/α-hetero) is 1. The molecule has 1 atom stereocenters. The summed E-state index contributed by atoms with van der Waals surface area (Å²) < 4.78 is 0. The zero-order valence-corrected chi connectivity index (χ0v) is 12.1. The highest BCUT2D eigenvalue weighted by molar-refractivity contribution is 6.06. The molecule has 112 valence electrons. The maximum absolute atomic E-state index is 12.2. The average Bonchev–Trinajstić information content (AvgIpc) is 2.47. The molecule has 0 aromatic carbocycles. The molecule has 0 saturated heterocycles. The summed E-state index contributed by atoms with van der Waals surface area (Å²) in [5.74, 6) is -0.0699. The monoisotopic (exact) mass is 297 g/mol. The molecule has 2 aromatic heterocycles. The molecule has 0 fully saturated rings. The van der Waals surface area contributed by atoms with Crippen molar-refractivity contribution in [1.29, 1.82) is 0 Å². The van der Waals surface area contributed by atoms with E-state index in [1.807, 2.05) is 6.92 Å². The van der Waals surface area contributed by atoms with Crippen LogP contribution in [0.5, 0.6) is 0 Å². The number of fused-ring (bicyclic) bond motifs is 1. The summed E-state index contributed by atoms with van der Waals surface area (Å²) in [5.41, 5.74) is 0.480. The fourth-order valence-electron chi connectivity index (χ4n) is 2.61. The van der Waals surface area contributed by atoms with Crippen LogP contribution in [0.1, 0.15) is 39.8 Å². The number of nitrogens with zero attached hydrogens (tertiary/aromatic N) is 1. The van der Waals surface area contributed by atoms with Gasteiger partial charge in [-0.15, -0.1) is 0 Å². The molecule has 3 rings (SSSR count). The molecule has 6 heteroatoms. The lowest BCUT2D eigenvalue weighted by Gasteiger charge is -2.20. The number of carbonyl (C=O) groups is 2. The summed E-state index contributed by atoms with van der Waals surface area (Å²) in [5, 5.41) is 2.55. The first-order chi connectivity index (χ1) is 10.5. The predicted octanol–water partition coefficient (Wildman–Crippen LogP) is 1.79. The second-order valence-electron chi connectivity index (χ2n) is 5.51. The SMILES string of the molecule is CC1CC(=O)c2cc(C(=O)Nc3ccccn3)c(=O)[nH]c2C1. The first-order valence-electron chi connectivity index (χ1n) is 7.06. The highest BCUT2D eigenvalue weighted by Gasteiger charge is 2.25. The van der Waals surface area contributed by atoms with Gasteiger partial charge in [-0.25, -0.2) is 4.98 Å². The van der Waals surface area contributed by atoms with Crippen LogP contribution < -0.4 is 10.9 Å². The Morgan fingerprint density at radius 1 is 1.32 bits per heavy atom. The van der Waals surface area contributed by atoms with Gasteiger partial charge in [0.2, 0.25) is 0 Å². The van der Waals surface area contributed by atoms with Crippen LogP contribution in [0.15, 0.2) is 35.3 Å². The summed E-state index contributed by atoms with van der Waals surface area (Å²) >= 11 is 0. The third-order valence-corrected chi connectivity index (χ3v) is 3.66. The zero-order chi connectivity index (χ0) is 15.7. The quantitative estimate of drug-likeness (QED) is 0.884. The molecule has 0 aliphatic heterocycles. The highest BCUT2D eigenvalue weighted by Crippen LogP contribution is 2.23. The summed E-state index contributed by atoms with van der Waals surface area (Å²) in [4.78, 5) is 43.0. The minimum absolute atomic E-state index is 0.0445. The molecule has 0 saturated carbocycles. The first-order valence-corrected chi connectivity index (χ1v) is 7.06. The Bertz CT molecular complexity index is 796. The number of aromatic nitrogens is 2. The Morgan fingerprint density at radius 3 is 2.86 bits per heavy atom. The van der Waals surface area contributed by atoms with Crippen molar-refractivity contribution in [3.63, 3.8) is 0 Å². The third kappa shape index (κ3) is 2.67. The number of rotatable bonds is 2. The largest absolute Gasteiger partial charge is 0.325 e.